The summed E-state index contributed by atoms with van der Waals surface area (Å²) in [4.78, 5) is 27.1. The Morgan fingerprint density at radius 3 is 2.52 bits per heavy atom. The Labute approximate surface area is 161 Å². The number of nitrogens with zero attached hydrogens (tertiary/aromatic N) is 1. The molecule has 2 N–H and O–H groups in total. The second-order valence-corrected chi connectivity index (χ2v) is 8.32. The van der Waals surface area contributed by atoms with E-state index in [1.165, 1.54) is 6.42 Å². The SMILES string of the molecule is C=CCN(C1C2C=CC(O2)C1C(=O)O)[C@@H](C(=O)NC1CCCCC1)C(C)C. The number of aliphatic carboxylic acids is 1. The van der Waals surface area contributed by atoms with Crippen LogP contribution >= 0.6 is 0 Å². The molecule has 0 radical (unpaired) electrons. The Morgan fingerprint density at radius 1 is 1.26 bits per heavy atom. The zero-order chi connectivity index (χ0) is 19.6. The molecule has 27 heavy (non-hydrogen) atoms. The third kappa shape index (κ3) is 4.11. The fourth-order valence-electron chi connectivity index (χ4n) is 4.91. The minimum atomic E-state index is -0.874. The molecule has 1 saturated carbocycles. The summed E-state index contributed by atoms with van der Waals surface area (Å²) in [5.41, 5.74) is 0. The standard InChI is InChI=1S/C21H32N2O4/c1-4-12-23(19-16-11-10-15(27-16)17(19)21(25)26)18(13(2)3)20(24)22-14-8-6-5-7-9-14/h4,10-11,13-19H,1,5-9,12H2,2-3H3,(H,22,24)(H,25,26)/t15?,16?,17?,18-,19?/m1/s1. The van der Waals surface area contributed by atoms with Crippen LogP contribution in [0.4, 0.5) is 0 Å². The van der Waals surface area contributed by atoms with Crippen LogP contribution in [-0.2, 0) is 14.3 Å². The molecule has 0 aromatic rings. The Balaban J connectivity index is 1.83. The van der Waals surface area contributed by atoms with E-state index < -0.39 is 24.0 Å². The molecule has 150 valence electrons. The van der Waals surface area contributed by atoms with E-state index in [2.05, 4.69) is 11.9 Å². The van der Waals surface area contributed by atoms with Crippen molar-refractivity contribution >= 4 is 11.9 Å². The summed E-state index contributed by atoms with van der Waals surface area (Å²) in [6.45, 7) is 8.32. The summed E-state index contributed by atoms with van der Waals surface area (Å²) in [6.07, 6.45) is 10.4. The summed E-state index contributed by atoms with van der Waals surface area (Å²) in [5.74, 6) is -1.49. The van der Waals surface area contributed by atoms with Crippen molar-refractivity contribution < 1.29 is 19.4 Å². The molecule has 3 rings (SSSR count). The summed E-state index contributed by atoms with van der Waals surface area (Å²) in [5, 5.41) is 13.0. The highest BCUT2D eigenvalue weighted by Gasteiger charge is 2.54. The summed E-state index contributed by atoms with van der Waals surface area (Å²) in [7, 11) is 0. The number of nitrogens with one attached hydrogen (secondary N) is 1. The number of rotatable bonds is 8. The highest BCUT2D eigenvalue weighted by molar-refractivity contribution is 5.82. The van der Waals surface area contributed by atoms with E-state index in [0.717, 1.165) is 25.7 Å². The van der Waals surface area contributed by atoms with Crippen LogP contribution in [0, 0.1) is 11.8 Å². The third-order valence-corrected chi connectivity index (χ3v) is 6.08. The fraction of sp³-hybridized carbons (Fsp3) is 0.714. The smallest absolute Gasteiger partial charge is 0.311 e. The van der Waals surface area contributed by atoms with Gasteiger partial charge in [-0.15, -0.1) is 6.58 Å². The van der Waals surface area contributed by atoms with Crippen molar-refractivity contribution in [3.8, 4) is 0 Å². The van der Waals surface area contributed by atoms with Crippen molar-refractivity contribution in [1.82, 2.24) is 10.2 Å². The monoisotopic (exact) mass is 376 g/mol. The average Bonchev–Trinajstić information content (AvgIpc) is 3.23. The lowest BCUT2D eigenvalue weighted by Gasteiger charge is -2.41. The summed E-state index contributed by atoms with van der Waals surface area (Å²) in [6, 6.07) is -0.544. The number of carbonyl (C=O) groups is 2. The van der Waals surface area contributed by atoms with E-state index in [4.69, 9.17) is 4.74 Å². The maximum absolute atomic E-state index is 13.2. The van der Waals surface area contributed by atoms with Crippen molar-refractivity contribution in [3.63, 3.8) is 0 Å². The van der Waals surface area contributed by atoms with Crippen LogP contribution in [0.5, 0.6) is 0 Å². The van der Waals surface area contributed by atoms with Crippen LogP contribution in [0.25, 0.3) is 0 Å². The fourth-order valence-corrected chi connectivity index (χ4v) is 4.91. The molecule has 2 bridgehead atoms. The van der Waals surface area contributed by atoms with Gasteiger partial charge in [0, 0.05) is 12.6 Å². The van der Waals surface area contributed by atoms with Crippen LogP contribution in [0.3, 0.4) is 0 Å². The highest BCUT2D eigenvalue weighted by atomic mass is 16.5. The minimum absolute atomic E-state index is 0.00496. The molecular formula is C21H32N2O4. The first kappa shape index (κ1) is 20.1. The van der Waals surface area contributed by atoms with Crippen molar-refractivity contribution in [2.24, 2.45) is 11.8 Å². The number of carboxylic acid groups (broad SMARTS) is 1. The van der Waals surface area contributed by atoms with Crippen LogP contribution in [0.2, 0.25) is 0 Å². The second kappa shape index (κ2) is 8.57. The number of fused-ring (bicyclic) bond motifs is 2. The molecule has 0 spiro atoms. The number of ether oxygens (including phenoxy) is 1. The maximum atomic E-state index is 13.2. The molecule has 6 heteroatoms. The van der Waals surface area contributed by atoms with Gasteiger partial charge in [-0.1, -0.05) is 51.3 Å². The Bertz CT molecular complexity index is 597. The van der Waals surface area contributed by atoms with Gasteiger partial charge in [0.15, 0.2) is 0 Å². The van der Waals surface area contributed by atoms with Gasteiger partial charge in [0.1, 0.15) is 5.92 Å². The second-order valence-electron chi connectivity index (χ2n) is 8.32. The van der Waals surface area contributed by atoms with Gasteiger partial charge in [-0.2, -0.15) is 0 Å². The summed E-state index contributed by atoms with van der Waals surface area (Å²) >= 11 is 0. The zero-order valence-electron chi connectivity index (χ0n) is 16.3. The average molecular weight is 376 g/mol. The summed E-state index contributed by atoms with van der Waals surface area (Å²) < 4.78 is 5.85. The van der Waals surface area contributed by atoms with E-state index in [-0.39, 0.29) is 30.0 Å². The predicted molar refractivity (Wildman–Crippen MR) is 103 cm³/mol. The topological polar surface area (TPSA) is 78.9 Å². The lowest BCUT2D eigenvalue weighted by Crippen LogP contribution is -2.59. The molecule has 0 aromatic carbocycles. The molecular weight excluding hydrogens is 344 g/mol. The predicted octanol–water partition coefficient (Wildman–Crippen LogP) is 2.35. The molecule has 0 aromatic heterocycles. The first-order valence-electron chi connectivity index (χ1n) is 10.2. The van der Waals surface area contributed by atoms with Gasteiger partial charge in [0.2, 0.25) is 5.91 Å². The normalized spacial score (nSPS) is 31.4. The molecule has 2 heterocycles. The number of hydrogen-bond acceptors (Lipinski definition) is 4. The molecule has 6 nitrogen and oxygen atoms in total. The van der Waals surface area contributed by atoms with Crippen LogP contribution < -0.4 is 5.32 Å². The van der Waals surface area contributed by atoms with Gasteiger partial charge in [-0.05, 0) is 18.8 Å². The van der Waals surface area contributed by atoms with Gasteiger partial charge in [0.05, 0.1) is 24.3 Å². The lowest BCUT2D eigenvalue weighted by molar-refractivity contribution is -0.146. The van der Waals surface area contributed by atoms with Gasteiger partial charge in [-0.3, -0.25) is 14.5 Å². The van der Waals surface area contributed by atoms with Crippen molar-refractivity contribution in [3.05, 3.63) is 24.8 Å². The maximum Gasteiger partial charge on any atom is 0.311 e. The van der Waals surface area contributed by atoms with E-state index >= 15 is 0 Å². The number of carboxylic acids is 1. The van der Waals surface area contributed by atoms with E-state index in [9.17, 15) is 14.7 Å². The largest absolute Gasteiger partial charge is 0.481 e. The Hall–Kier alpha value is -1.66. The number of carbonyl (C=O) groups excluding carboxylic acids is 1. The molecule has 2 aliphatic heterocycles. The Kier molecular flexibility index (Phi) is 6.37. The van der Waals surface area contributed by atoms with Crippen molar-refractivity contribution in [2.75, 3.05) is 6.54 Å². The Morgan fingerprint density at radius 2 is 1.93 bits per heavy atom. The van der Waals surface area contributed by atoms with E-state index in [1.807, 2.05) is 30.9 Å². The molecule has 1 aliphatic carbocycles. The van der Waals surface area contributed by atoms with E-state index in [1.54, 1.807) is 6.08 Å². The first-order chi connectivity index (χ1) is 12.9. The minimum Gasteiger partial charge on any atom is -0.481 e. The van der Waals surface area contributed by atoms with Crippen molar-refractivity contribution in [1.29, 1.82) is 0 Å². The highest BCUT2D eigenvalue weighted by Crippen LogP contribution is 2.39. The zero-order valence-corrected chi connectivity index (χ0v) is 16.3. The number of amides is 1. The lowest BCUT2D eigenvalue weighted by atomic mass is 9.85. The van der Waals surface area contributed by atoms with Crippen LogP contribution in [0.15, 0.2) is 24.8 Å². The van der Waals surface area contributed by atoms with Gasteiger partial charge < -0.3 is 15.2 Å². The quantitative estimate of drug-likeness (QED) is 0.636. The molecule has 3 aliphatic rings. The van der Waals surface area contributed by atoms with Crippen LogP contribution in [-0.4, -0.2) is 58.8 Å². The molecule has 5 atom stereocenters. The van der Waals surface area contributed by atoms with Crippen molar-refractivity contribution in [2.45, 2.75) is 76.3 Å². The first-order valence-corrected chi connectivity index (χ1v) is 10.2. The van der Waals surface area contributed by atoms with Gasteiger partial charge in [-0.25, -0.2) is 0 Å². The molecule has 4 unspecified atom stereocenters. The van der Waals surface area contributed by atoms with Gasteiger partial charge in [0.25, 0.3) is 0 Å². The molecule has 2 fully saturated rings. The van der Waals surface area contributed by atoms with Gasteiger partial charge >= 0.3 is 5.97 Å². The third-order valence-electron chi connectivity index (χ3n) is 6.08. The molecule has 1 saturated heterocycles. The number of hydrogen-bond donors (Lipinski definition) is 2. The molecule has 1 amide bonds. The van der Waals surface area contributed by atoms with E-state index in [0.29, 0.717) is 6.54 Å². The van der Waals surface area contributed by atoms with Crippen LogP contribution in [0.1, 0.15) is 46.0 Å².